The molecule has 1 aliphatic heterocycles. The zero-order chi connectivity index (χ0) is 14.1. The fraction of sp³-hybridized carbons (Fsp3) is 0.857. The molecule has 0 aromatic rings. The molecule has 0 aromatic heterocycles. The first-order valence-electron chi connectivity index (χ1n) is 4.77. The van der Waals surface area contributed by atoms with Gasteiger partial charge >= 0.3 is 11.7 Å². The molecule has 1 N–H and O–H groups in total. The highest BCUT2D eigenvalue weighted by Gasteiger charge is 2.42. The number of hydrogen-bond donors (Lipinski definition) is 1. The van der Waals surface area contributed by atoms with Gasteiger partial charge in [-0.05, 0) is 6.42 Å². The Bertz CT molecular complexity index is 528. The van der Waals surface area contributed by atoms with Crippen LogP contribution in [0.5, 0.6) is 0 Å². The number of sulfone groups is 1. The monoisotopic (exact) mass is 307 g/mol. The molecule has 0 spiro atoms. The lowest BCUT2D eigenvalue weighted by Crippen LogP contribution is -2.46. The average molecular weight is 307 g/mol. The highest BCUT2D eigenvalue weighted by atomic mass is 32.2. The standard InChI is InChI=1S/C7H11F2NO6S2/c8-7(9)18(15,16)10(3-6(11)12)5-1-2-17(13,14)4-5/h5,7H,1-4H2,(H,11,12). The van der Waals surface area contributed by atoms with Crippen molar-refractivity contribution in [2.24, 2.45) is 0 Å². The van der Waals surface area contributed by atoms with Gasteiger partial charge in [-0.2, -0.15) is 13.1 Å². The second-order valence-corrected chi connectivity index (χ2v) is 7.89. The quantitative estimate of drug-likeness (QED) is 0.706. The summed E-state index contributed by atoms with van der Waals surface area (Å²) in [6.07, 6.45) is -0.179. The lowest BCUT2D eigenvalue weighted by molar-refractivity contribution is -0.137. The minimum Gasteiger partial charge on any atom is -0.480 e. The number of carboxylic acids is 1. The number of aliphatic carboxylic acids is 1. The Kier molecular flexibility index (Phi) is 4.28. The molecular formula is C7H11F2NO6S2. The van der Waals surface area contributed by atoms with Crippen LogP contribution in [0.15, 0.2) is 0 Å². The summed E-state index contributed by atoms with van der Waals surface area (Å²) in [6.45, 7) is -1.17. The molecule has 106 valence electrons. The summed E-state index contributed by atoms with van der Waals surface area (Å²) in [5.41, 5.74) is 0. The summed E-state index contributed by atoms with van der Waals surface area (Å²) in [4.78, 5) is 10.5. The second-order valence-electron chi connectivity index (χ2n) is 3.80. The minimum atomic E-state index is -5.11. The fourth-order valence-corrected chi connectivity index (χ4v) is 4.58. The highest BCUT2D eigenvalue weighted by molar-refractivity contribution is 7.92. The highest BCUT2D eigenvalue weighted by Crippen LogP contribution is 2.23. The van der Waals surface area contributed by atoms with E-state index in [9.17, 15) is 30.4 Å². The van der Waals surface area contributed by atoms with E-state index in [0.29, 0.717) is 0 Å². The maximum absolute atomic E-state index is 12.4. The minimum absolute atomic E-state index is 0.0601. The summed E-state index contributed by atoms with van der Waals surface area (Å²) < 4.78 is 69.7. The number of carboxylic acid groups (broad SMARTS) is 1. The molecule has 1 rings (SSSR count). The molecule has 1 fully saturated rings. The van der Waals surface area contributed by atoms with E-state index in [-0.39, 0.29) is 16.5 Å². The average Bonchev–Trinajstić information content (AvgIpc) is 2.54. The van der Waals surface area contributed by atoms with E-state index < -0.39 is 49.9 Å². The molecule has 0 bridgehead atoms. The summed E-state index contributed by atoms with van der Waals surface area (Å²) in [5, 5.41) is 8.52. The topological polar surface area (TPSA) is 109 Å². The van der Waals surface area contributed by atoms with E-state index in [1.165, 1.54) is 0 Å². The Hall–Kier alpha value is -0.810. The van der Waals surface area contributed by atoms with Gasteiger partial charge in [0, 0.05) is 6.04 Å². The van der Waals surface area contributed by atoms with E-state index >= 15 is 0 Å². The molecule has 1 unspecified atom stereocenters. The van der Waals surface area contributed by atoms with Gasteiger partial charge in [0.25, 0.3) is 10.0 Å². The van der Waals surface area contributed by atoms with Gasteiger partial charge in [0.15, 0.2) is 9.84 Å². The van der Waals surface area contributed by atoms with Crippen molar-refractivity contribution in [2.75, 3.05) is 18.1 Å². The van der Waals surface area contributed by atoms with Crippen LogP contribution in [0.4, 0.5) is 8.78 Å². The van der Waals surface area contributed by atoms with Crippen molar-refractivity contribution >= 4 is 25.8 Å². The smallest absolute Gasteiger partial charge is 0.350 e. The van der Waals surface area contributed by atoms with Crippen molar-refractivity contribution in [3.05, 3.63) is 0 Å². The Morgan fingerprint density at radius 2 is 2.00 bits per heavy atom. The second kappa shape index (κ2) is 5.05. The number of nitrogens with zero attached hydrogens (tertiary/aromatic N) is 1. The Morgan fingerprint density at radius 3 is 2.33 bits per heavy atom. The Labute approximate surface area is 102 Å². The molecule has 18 heavy (non-hydrogen) atoms. The third-order valence-electron chi connectivity index (χ3n) is 2.46. The number of sulfonamides is 1. The first-order chi connectivity index (χ1) is 8.06. The summed E-state index contributed by atoms with van der Waals surface area (Å²) in [5.74, 6) is -6.37. The molecular weight excluding hydrogens is 296 g/mol. The van der Waals surface area contributed by atoms with Gasteiger partial charge in [-0.1, -0.05) is 0 Å². The molecule has 1 aliphatic rings. The van der Waals surface area contributed by atoms with Crippen LogP contribution in [0.3, 0.4) is 0 Å². The van der Waals surface area contributed by atoms with Crippen LogP contribution < -0.4 is 0 Å². The number of rotatable bonds is 5. The van der Waals surface area contributed by atoms with Crippen molar-refractivity contribution in [3.63, 3.8) is 0 Å². The van der Waals surface area contributed by atoms with E-state index in [0.717, 1.165) is 0 Å². The number of hydrogen-bond acceptors (Lipinski definition) is 5. The van der Waals surface area contributed by atoms with Crippen molar-refractivity contribution in [1.82, 2.24) is 4.31 Å². The molecule has 0 amide bonds. The van der Waals surface area contributed by atoms with Gasteiger partial charge in [0.05, 0.1) is 11.5 Å². The summed E-state index contributed by atoms with van der Waals surface area (Å²) >= 11 is 0. The first-order valence-corrected chi connectivity index (χ1v) is 8.10. The van der Waals surface area contributed by atoms with E-state index in [4.69, 9.17) is 5.11 Å². The van der Waals surface area contributed by atoms with Gasteiger partial charge < -0.3 is 5.11 Å². The van der Waals surface area contributed by atoms with Crippen molar-refractivity contribution in [2.45, 2.75) is 18.2 Å². The van der Waals surface area contributed by atoms with Gasteiger partial charge in [0.1, 0.15) is 6.54 Å². The molecule has 1 saturated heterocycles. The molecule has 0 aliphatic carbocycles. The van der Waals surface area contributed by atoms with Crippen molar-refractivity contribution < 1.29 is 35.5 Å². The maximum atomic E-state index is 12.4. The van der Waals surface area contributed by atoms with Gasteiger partial charge in [-0.15, -0.1) is 0 Å². The zero-order valence-electron chi connectivity index (χ0n) is 8.99. The van der Waals surface area contributed by atoms with Crippen LogP contribution in [-0.4, -0.2) is 62.1 Å². The number of carbonyl (C=O) groups is 1. The molecule has 0 saturated carbocycles. The van der Waals surface area contributed by atoms with Crippen LogP contribution in [0.1, 0.15) is 6.42 Å². The lowest BCUT2D eigenvalue weighted by atomic mass is 10.2. The lowest BCUT2D eigenvalue weighted by Gasteiger charge is -2.24. The molecule has 1 atom stereocenters. The maximum Gasteiger partial charge on any atom is 0.350 e. The van der Waals surface area contributed by atoms with Gasteiger partial charge in [-0.25, -0.2) is 16.8 Å². The van der Waals surface area contributed by atoms with Crippen LogP contribution in [0.25, 0.3) is 0 Å². The van der Waals surface area contributed by atoms with E-state index in [1.54, 1.807) is 0 Å². The molecule has 1 heterocycles. The number of halogens is 2. The molecule has 7 nitrogen and oxygen atoms in total. The summed E-state index contributed by atoms with van der Waals surface area (Å²) in [7, 11) is -8.62. The number of alkyl halides is 2. The van der Waals surface area contributed by atoms with Crippen LogP contribution in [0, 0.1) is 0 Å². The summed E-state index contributed by atoms with van der Waals surface area (Å²) in [6, 6.07) is -1.25. The van der Waals surface area contributed by atoms with Crippen LogP contribution in [0.2, 0.25) is 0 Å². The van der Waals surface area contributed by atoms with Crippen LogP contribution >= 0.6 is 0 Å². The van der Waals surface area contributed by atoms with Gasteiger partial charge in [0.2, 0.25) is 0 Å². The largest absolute Gasteiger partial charge is 0.480 e. The predicted octanol–water partition coefficient (Wildman–Crippen LogP) is -0.887. The molecule has 11 heteroatoms. The van der Waals surface area contributed by atoms with Gasteiger partial charge in [-0.3, -0.25) is 4.79 Å². The van der Waals surface area contributed by atoms with Crippen molar-refractivity contribution in [1.29, 1.82) is 0 Å². The van der Waals surface area contributed by atoms with E-state index in [1.807, 2.05) is 0 Å². The Balaban J connectivity index is 3.04. The SMILES string of the molecule is O=C(O)CN(C1CCS(=O)(=O)C1)S(=O)(=O)C(F)F. The fourth-order valence-electron chi connectivity index (χ4n) is 1.67. The third-order valence-corrected chi connectivity index (χ3v) is 5.74. The third kappa shape index (κ3) is 3.36. The molecule has 0 aromatic carbocycles. The predicted molar refractivity (Wildman–Crippen MR) is 56.3 cm³/mol. The van der Waals surface area contributed by atoms with Crippen molar-refractivity contribution in [3.8, 4) is 0 Å². The zero-order valence-corrected chi connectivity index (χ0v) is 10.6. The molecule has 0 radical (unpaired) electrons. The van der Waals surface area contributed by atoms with Crippen LogP contribution in [-0.2, 0) is 24.7 Å². The van der Waals surface area contributed by atoms with E-state index in [2.05, 4.69) is 0 Å². The Morgan fingerprint density at radius 1 is 1.44 bits per heavy atom. The normalized spacial score (nSPS) is 23.7. The first kappa shape index (κ1) is 15.2.